The summed E-state index contributed by atoms with van der Waals surface area (Å²) in [5, 5.41) is 0.501. The Bertz CT molecular complexity index is 1130. The molecule has 0 unspecified atom stereocenters. The SMILES string of the molecule is Cc1nc2ccccc2c(=O)n1CC(=O)N1CCN(C(=O)Cc2ccccn2)CC1. The average molecular weight is 405 g/mol. The number of hydrogen-bond acceptors (Lipinski definition) is 5. The van der Waals surface area contributed by atoms with E-state index in [2.05, 4.69) is 9.97 Å². The number of hydrogen-bond donors (Lipinski definition) is 0. The Hall–Kier alpha value is -3.55. The van der Waals surface area contributed by atoms with E-state index in [1.807, 2.05) is 24.3 Å². The van der Waals surface area contributed by atoms with Gasteiger partial charge in [-0.3, -0.25) is 23.9 Å². The second kappa shape index (κ2) is 8.44. The molecule has 0 radical (unpaired) electrons. The van der Waals surface area contributed by atoms with Gasteiger partial charge in [0.2, 0.25) is 11.8 Å². The molecule has 2 aromatic heterocycles. The van der Waals surface area contributed by atoms with Crippen LogP contribution in [0.15, 0.2) is 53.5 Å². The standard InChI is InChI=1S/C22H23N5O3/c1-16-24-19-8-3-2-7-18(19)22(30)27(16)15-21(29)26-12-10-25(11-13-26)20(28)14-17-6-4-5-9-23-17/h2-9H,10-15H2,1H3. The van der Waals surface area contributed by atoms with Crippen LogP contribution in [0, 0.1) is 6.92 Å². The lowest BCUT2D eigenvalue weighted by Gasteiger charge is -2.35. The predicted molar refractivity (Wildman–Crippen MR) is 112 cm³/mol. The number of benzene rings is 1. The van der Waals surface area contributed by atoms with Crippen LogP contribution < -0.4 is 5.56 Å². The van der Waals surface area contributed by atoms with Crippen molar-refractivity contribution >= 4 is 22.7 Å². The molecule has 1 saturated heterocycles. The van der Waals surface area contributed by atoms with Gasteiger partial charge in [0, 0.05) is 38.1 Å². The second-order valence-corrected chi connectivity index (χ2v) is 7.33. The van der Waals surface area contributed by atoms with Gasteiger partial charge in [-0.15, -0.1) is 0 Å². The third kappa shape index (κ3) is 4.07. The van der Waals surface area contributed by atoms with Gasteiger partial charge in [0.25, 0.3) is 5.56 Å². The molecule has 0 bridgehead atoms. The highest BCUT2D eigenvalue weighted by Gasteiger charge is 2.25. The number of fused-ring (bicyclic) bond motifs is 1. The summed E-state index contributed by atoms with van der Waals surface area (Å²) in [6.45, 7) is 3.52. The van der Waals surface area contributed by atoms with Crippen molar-refractivity contribution in [2.75, 3.05) is 26.2 Å². The molecule has 8 heteroatoms. The molecule has 8 nitrogen and oxygen atoms in total. The summed E-state index contributed by atoms with van der Waals surface area (Å²) in [6, 6.07) is 12.6. The Morgan fingerprint density at radius 2 is 1.60 bits per heavy atom. The fraction of sp³-hybridized carbons (Fsp3) is 0.318. The highest BCUT2D eigenvalue weighted by atomic mass is 16.2. The number of piperazine rings is 1. The molecule has 4 rings (SSSR count). The van der Waals surface area contributed by atoms with Gasteiger partial charge in [-0.05, 0) is 31.2 Å². The Balaban J connectivity index is 1.39. The fourth-order valence-corrected chi connectivity index (χ4v) is 3.68. The first-order chi connectivity index (χ1) is 14.5. The van der Waals surface area contributed by atoms with Crippen molar-refractivity contribution in [3.63, 3.8) is 0 Å². The van der Waals surface area contributed by atoms with Crippen LogP contribution in [0.3, 0.4) is 0 Å². The number of amides is 2. The van der Waals surface area contributed by atoms with Crippen LogP contribution in [0.1, 0.15) is 11.5 Å². The highest BCUT2D eigenvalue weighted by molar-refractivity contribution is 5.80. The number of aryl methyl sites for hydroxylation is 1. The van der Waals surface area contributed by atoms with Gasteiger partial charge in [-0.1, -0.05) is 18.2 Å². The molecule has 3 heterocycles. The Labute approximate surface area is 173 Å². The van der Waals surface area contributed by atoms with E-state index in [-0.39, 0.29) is 30.3 Å². The van der Waals surface area contributed by atoms with Crippen LogP contribution in [0.4, 0.5) is 0 Å². The predicted octanol–water partition coefficient (Wildman–Crippen LogP) is 1.01. The molecule has 1 aliphatic heterocycles. The molecule has 0 saturated carbocycles. The minimum absolute atomic E-state index is 0.00610. The number of nitrogens with zero attached hydrogens (tertiary/aromatic N) is 5. The molecule has 154 valence electrons. The molecule has 2 amide bonds. The van der Waals surface area contributed by atoms with Gasteiger partial charge in [-0.2, -0.15) is 0 Å². The summed E-state index contributed by atoms with van der Waals surface area (Å²) in [5.74, 6) is 0.372. The summed E-state index contributed by atoms with van der Waals surface area (Å²) in [5.41, 5.74) is 1.15. The van der Waals surface area contributed by atoms with E-state index in [0.29, 0.717) is 42.9 Å². The molecule has 0 atom stereocenters. The minimum Gasteiger partial charge on any atom is -0.339 e. The second-order valence-electron chi connectivity index (χ2n) is 7.33. The molecular weight excluding hydrogens is 382 g/mol. The maximum Gasteiger partial charge on any atom is 0.261 e. The lowest BCUT2D eigenvalue weighted by atomic mass is 10.2. The third-order valence-corrected chi connectivity index (χ3v) is 5.39. The zero-order valence-corrected chi connectivity index (χ0v) is 16.8. The minimum atomic E-state index is -0.212. The van der Waals surface area contributed by atoms with Gasteiger partial charge in [0.1, 0.15) is 12.4 Å². The van der Waals surface area contributed by atoms with E-state index < -0.39 is 0 Å². The number of carbonyl (C=O) groups is 2. The van der Waals surface area contributed by atoms with E-state index in [1.54, 1.807) is 41.1 Å². The summed E-state index contributed by atoms with van der Waals surface area (Å²) in [4.78, 5) is 50.1. The third-order valence-electron chi connectivity index (χ3n) is 5.39. The van der Waals surface area contributed by atoms with E-state index in [0.717, 1.165) is 5.69 Å². The summed E-state index contributed by atoms with van der Waals surface area (Å²) >= 11 is 0. The van der Waals surface area contributed by atoms with Crippen molar-refractivity contribution < 1.29 is 9.59 Å². The molecule has 3 aromatic rings. The maximum atomic E-state index is 12.8. The van der Waals surface area contributed by atoms with Crippen molar-refractivity contribution in [2.24, 2.45) is 0 Å². The first-order valence-corrected chi connectivity index (χ1v) is 9.94. The highest BCUT2D eigenvalue weighted by Crippen LogP contribution is 2.09. The van der Waals surface area contributed by atoms with E-state index in [1.165, 1.54) is 4.57 Å². The largest absolute Gasteiger partial charge is 0.339 e. The van der Waals surface area contributed by atoms with E-state index in [4.69, 9.17) is 0 Å². The van der Waals surface area contributed by atoms with Crippen molar-refractivity contribution in [1.82, 2.24) is 24.3 Å². The van der Waals surface area contributed by atoms with Crippen molar-refractivity contribution in [3.05, 3.63) is 70.5 Å². The van der Waals surface area contributed by atoms with Crippen LogP contribution in [0.25, 0.3) is 10.9 Å². The molecule has 1 fully saturated rings. The van der Waals surface area contributed by atoms with Crippen LogP contribution >= 0.6 is 0 Å². The van der Waals surface area contributed by atoms with Crippen LogP contribution in [0.2, 0.25) is 0 Å². The maximum absolute atomic E-state index is 12.8. The fourth-order valence-electron chi connectivity index (χ4n) is 3.68. The first-order valence-electron chi connectivity index (χ1n) is 9.94. The molecule has 0 aliphatic carbocycles. The smallest absolute Gasteiger partial charge is 0.261 e. The van der Waals surface area contributed by atoms with Gasteiger partial charge < -0.3 is 9.80 Å². The number of carbonyl (C=O) groups excluding carboxylic acids is 2. The topological polar surface area (TPSA) is 88.4 Å². The Morgan fingerprint density at radius 1 is 0.933 bits per heavy atom. The van der Waals surface area contributed by atoms with Crippen LogP contribution in [-0.2, 0) is 22.6 Å². The summed E-state index contributed by atoms with van der Waals surface area (Å²) < 4.78 is 1.42. The zero-order chi connectivity index (χ0) is 21.1. The van der Waals surface area contributed by atoms with Crippen molar-refractivity contribution in [2.45, 2.75) is 19.9 Å². The summed E-state index contributed by atoms with van der Waals surface area (Å²) in [6.07, 6.45) is 1.93. The van der Waals surface area contributed by atoms with Crippen LogP contribution in [0.5, 0.6) is 0 Å². The molecule has 0 spiro atoms. The van der Waals surface area contributed by atoms with Gasteiger partial charge >= 0.3 is 0 Å². The Kier molecular flexibility index (Phi) is 5.56. The van der Waals surface area contributed by atoms with Crippen molar-refractivity contribution in [3.8, 4) is 0 Å². The monoisotopic (exact) mass is 405 g/mol. The molecule has 1 aliphatic rings. The van der Waals surface area contributed by atoms with E-state index >= 15 is 0 Å². The number of pyridine rings is 1. The number of para-hydroxylation sites is 1. The number of aromatic nitrogens is 3. The normalized spacial score (nSPS) is 14.2. The van der Waals surface area contributed by atoms with Gasteiger partial charge in [0.15, 0.2) is 0 Å². The first kappa shape index (κ1) is 19.8. The van der Waals surface area contributed by atoms with E-state index in [9.17, 15) is 14.4 Å². The molecular formula is C22H23N5O3. The number of rotatable bonds is 4. The van der Waals surface area contributed by atoms with Crippen molar-refractivity contribution in [1.29, 1.82) is 0 Å². The molecule has 1 aromatic carbocycles. The quantitative estimate of drug-likeness (QED) is 0.647. The molecule has 0 N–H and O–H groups in total. The summed E-state index contributed by atoms with van der Waals surface area (Å²) in [7, 11) is 0. The van der Waals surface area contributed by atoms with Crippen LogP contribution in [-0.4, -0.2) is 62.3 Å². The lowest BCUT2D eigenvalue weighted by molar-refractivity contribution is -0.139. The van der Waals surface area contributed by atoms with Gasteiger partial charge in [-0.25, -0.2) is 4.98 Å². The average Bonchev–Trinajstić information content (AvgIpc) is 2.77. The zero-order valence-electron chi connectivity index (χ0n) is 16.8. The van der Waals surface area contributed by atoms with Gasteiger partial charge in [0.05, 0.1) is 17.3 Å². The lowest BCUT2D eigenvalue weighted by Crippen LogP contribution is -2.52. The Morgan fingerprint density at radius 3 is 2.30 bits per heavy atom. The molecule has 30 heavy (non-hydrogen) atoms.